The van der Waals surface area contributed by atoms with Gasteiger partial charge in [-0.25, -0.2) is 0 Å². The van der Waals surface area contributed by atoms with Gasteiger partial charge in [-0.15, -0.1) is 0 Å². The molecule has 2 aromatic rings. The highest BCUT2D eigenvalue weighted by molar-refractivity contribution is 5.35. The van der Waals surface area contributed by atoms with Crippen molar-refractivity contribution in [2.75, 3.05) is 13.1 Å². The van der Waals surface area contributed by atoms with E-state index in [1.165, 1.54) is 24.0 Å². The van der Waals surface area contributed by atoms with Crippen LogP contribution in [0.4, 0.5) is 0 Å². The molecule has 1 aromatic carbocycles. The zero-order valence-electron chi connectivity index (χ0n) is 14.9. The molecule has 0 bridgehead atoms. The Morgan fingerprint density at radius 2 is 1.96 bits per heavy atom. The molecule has 1 aromatic heterocycles. The summed E-state index contributed by atoms with van der Waals surface area (Å²) in [7, 11) is 0. The summed E-state index contributed by atoms with van der Waals surface area (Å²) in [4.78, 5) is 6.99. The number of aliphatic hydroxyl groups is 1. The van der Waals surface area contributed by atoms with Crippen LogP contribution >= 0.6 is 0 Å². The minimum absolute atomic E-state index is 0.100. The molecule has 4 rings (SSSR count). The molecule has 2 fully saturated rings. The minimum Gasteiger partial charge on any atom is -0.392 e. The molecule has 5 nitrogen and oxygen atoms in total. The van der Waals surface area contributed by atoms with E-state index in [1.807, 2.05) is 0 Å². The third-order valence-electron chi connectivity index (χ3n) is 5.80. The van der Waals surface area contributed by atoms with E-state index in [2.05, 4.69) is 41.2 Å². The molecule has 1 saturated carbocycles. The molecule has 1 atom stereocenters. The number of benzene rings is 1. The van der Waals surface area contributed by atoms with Crippen LogP contribution in [0.2, 0.25) is 0 Å². The van der Waals surface area contributed by atoms with Gasteiger partial charge in [0, 0.05) is 6.54 Å². The summed E-state index contributed by atoms with van der Waals surface area (Å²) in [6.07, 6.45) is 6.25. The highest BCUT2D eigenvalue weighted by Gasteiger charge is 2.41. The Morgan fingerprint density at radius 1 is 1.20 bits per heavy atom. The van der Waals surface area contributed by atoms with Gasteiger partial charge in [0.2, 0.25) is 5.89 Å². The van der Waals surface area contributed by atoms with Gasteiger partial charge in [-0.1, -0.05) is 47.8 Å². The smallest absolute Gasteiger partial charge is 0.240 e. The first-order valence-corrected chi connectivity index (χ1v) is 9.46. The van der Waals surface area contributed by atoms with E-state index in [1.54, 1.807) is 0 Å². The molecule has 1 saturated heterocycles. The second kappa shape index (κ2) is 6.89. The number of hydrogen-bond donors (Lipinski definition) is 1. The number of likely N-dealkylation sites (tertiary alicyclic amines) is 1. The van der Waals surface area contributed by atoms with Crippen molar-refractivity contribution in [3.8, 4) is 0 Å². The average Bonchev–Trinajstić information content (AvgIpc) is 3.26. The Bertz CT molecular complexity index is 704. The highest BCUT2D eigenvalue weighted by atomic mass is 16.5. The largest absolute Gasteiger partial charge is 0.392 e. The van der Waals surface area contributed by atoms with E-state index in [0.717, 1.165) is 38.1 Å². The Morgan fingerprint density at radius 3 is 2.68 bits per heavy atom. The van der Waals surface area contributed by atoms with Crippen molar-refractivity contribution < 1.29 is 9.63 Å². The van der Waals surface area contributed by atoms with E-state index in [4.69, 9.17) is 9.51 Å². The standard InChI is InChI=1S/C20H27N3O2/c1-15-6-8-16(9-7-15)20(10-2-3-11-20)19-21-18(25-22-19)14-23-12-4-5-17(24)13-23/h6-9,17,24H,2-5,10-14H2,1H3. The average molecular weight is 341 g/mol. The van der Waals surface area contributed by atoms with Gasteiger partial charge in [0.05, 0.1) is 18.1 Å². The summed E-state index contributed by atoms with van der Waals surface area (Å²) in [5.74, 6) is 1.50. The Labute approximate surface area is 149 Å². The predicted octanol–water partition coefficient (Wildman–Crippen LogP) is 3.19. The number of piperidine rings is 1. The van der Waals surface area contributed by atoms with Crippen LogP contribution in [0.3, 0.4) is 0 Å². The number of nitrogens with zero attached hydrogens (tertiary/aromatic N) is 3. The zero-order chi connectivity index (χ0) is 17.3. The number of aliphatic hydroxyl groups excluding tert-OH is 1. The first-order chi connectivity index (χ1) is 12.2. The van der Waals surface area contributed by atoms with Gasteiger partial charge in [0.15, 0.2) is 5.82 Å². The molecular weight excluding hydrogens is 314 g/mol. The van der Waals surface area contributed by atoms with Gasteiger partial charge < -0.3 is 9.63 Å². The van der Waals surface area contributed by atoms with Crippen LogP contribution in [0.5, 0.6) is 0 Å². The van der Waals surface area contributed by atoms with Crippen LogP contribution < -0.4 is 0 Å². The lowest BCUT2D eigenvalue weighted by atomic mass is 9.78. The van der Waals surface area contributed by atoms with Gasteiger partial charge in [0.1, 0.15) is 0 Å². The normalized spacial score (nSPS) is 23.8. The SMILES string of the molecule is Cc1ccc(C2(c3noc(CN4CCCC(O)C4)n3)CCCC2)cc1. The fourth-order valence-electron chi connectivity index (χ4n) is 4.37. The van der Waals surface area contributed by atoms with Crippen molar-refractivity contribution in [3.05, 3.63) is 47.1 Å². The number of rotatable bonds is 4. The zero-order valence-corrected chi connectivity index (χ0v) is 14.9. The molecule has 0 spiro atoms. The molecule has 134 valence electrons. The van der Waals surface area contributed by atoms with Gasteiger partial charge in [0.25, 0.3) is 0 Å². The summed E-state index contributed by atoms with van der Waals surface area (Å²) >= 11 is 0. The van der Waals surface area contributed by atoms with Crippen LogP contribution in [-0.2, 0) is 12.0 Å². The molecule has 1 aliphatic heterocycles. The Kier molecular flexibility index (Phi) is 4.61. The van der Waals surface area contributed by atoms with E-state index < -0.39 is 0 Å². The third-order valence-corrected chi connectivity index (χ3v) is 5.80. The third kappa shape index (κ3) is 3.35. The summed E-state index contributed by atoms with van der Waals surface area (Å²) in [6, 6.07) is 8.78. The molecule has 25 heavy (non-hydrogen) atoms. The molecule has 1 aliphatic carbocycles. The van der Waals surface area contributed by atoms with E-state index in [0.29, 0.717) is 19.0 Å². The van der Waals surface area contributed by atoms with Crippen molar-refractivity contribution in [1.29, 1.82) is 0 Å². The van der Waals surface area contributed by atoms with Crippen molar-refractivity contribution in [1.82, 2.24) is 15.0 Å². The molecule has 2 aliphatic rings. The van der Waals surface area contributed by atoms with Crippen molar-refractivity contribution in [3.63, 3.8) is 0 Å². The van der Waals surface area contributed by atoms with Crippen LogP contribution in [-0.4, -0.2) is 39.3 Å². The molecule has 2 heterocycles. The van der Waals surface area contributed by atoms with Crippen LogP contribution in [0.25, 0.3) is 0 Å². The topological polar surface area (TPSA) is 62.4 Å². The van der Waals surface area contributed by atoms with Gasteiger partial charge in [-0.05, 0) is 44.7 Å². The van der Waals surface area contributed by atoms with Gasteiger partial charge in [-0.3, -0.25) is 4.90 Å². The monoisotopic (exact) mass is 341 g/mol. The number of hydrogen-bond acceptors (Lipinski definition) is 5. The van der Waals surface area contributed by atoms with Crippen LogP contribution in [0, 0.1) is 6.92 Å². The fraction of sp³-hybridized carbons (Fsp3) is 0.600. The fourth-order valence-corrected chi connectivity index (χ4v) is 4.37. The maximum absolute atomic E-state index is 9.84. The van der Waals surface area contributed by atoms with Crippen molar-refractivity contribution >= 4 is 0 Å². The lowest BCUT2D eigenvalue weighted by Gasteiger charge is -2.28. The maximum Gasteiger partial charge on any atom is 0.240 e. The first kappa shape index (κ1) is 16.7. The highest BCUT2D eigenvalue weighted by Crippen LogP contribution is 2.45. The number of aryl methyl sites for hydroxylation is 1. The lowest BCUT2D eigenvalue weighted by molar-refractivity contribution is 0.0613. The summed E-state index contributed by atoms with van der Waals surface area (Å²) < 4.78 is 5.60. The van der Waals surface area contributed by atoms with E-state index in [9.17, 15) is 5.11 Å². The molecular formula is C20H27N3O2. The van der Waals surface area contributed by atoms with Crippen LogP contribution in [0.15, 0.2) is 28.8 Å². The van der Waals surface area contributed by atoms with E-state index in [-0.39, 0.29) is 11.5 Å². The summed E-state index contributed by atoms with van der Waals surface area (Å²) in [6.45, 7) is 4.43. The van der Waals surface area contributed by atoms with Crippen molar-refractivity contribution in [2.45, 2.75) is 63.5 Å². The molecule has 1 N–H and O–H groups in total. The predicted molar refractivity (Wildman–Crippen MR) is 95.2 cm³/mol. The maximum atomic E-state index is 9.84. The minimum atomic E-state index is -0.232. The van der Waals surface area contributed by atoms with Gasteiger partial charge in [-0.2, -0.15) is 4.98 Å². The van der Waals surface area contributed by atoms with Crippen LogP contribution in [0.1, 0.15) is 61.4 Å². The number of aromatic nitrogens is 2. The first-order valence-electron chi connectivity index (χ1n) is 9.46. The van der Waals surface area contributed by atoms with E-state index >= 15 is 0 Å². The Hall–Kier alpha value is -1.72. The van der Waals surface area contributed by atoms with Gasteiger partial charge >= 0.3 is 0 Å². The molecule has 0 radical (unpaired) electrons. The second-order valence-electron chi connectivity index (χ2n) is 7.70. The molecule has 1 unspecified atom stereocenters. The summed E-state index contributed by atoms with van der Waals surface area (Å²) in [5.41, 5.74) is 2.47. The quantitative estimate of drug-likeness (QED) is 0.925. The number of β-amino-alcohol motifs (C(OH)–C–C–N with tert-alkyl or cyclic N) is 1. The summed E-state index contributed by atoms with van der Waals surface area (Å²) in [5, 5.41) is 14.2. The lowest BCUT2D eigenvalue weighted by Crippen LogP contribution is -2.37. The Balaban J connectivity index is 1.57. The second-order valence-corrected chi connectivity index (χ2v) is 7.70. The molecule has 5 heteroatoms. The van der Waals surface area contributed by atoms with Crippen molar-refractivity contribution in [2.24, 2.45) is 0 Å². The molecule has 0 amide bonds.